The normalized spacial score (nSPS) is 12.0. The van der Waals surface area contributed by atoms with Crippen LogP contribution in [0, 0.1) is 13.8 Å². The summed E-state index contributed by atoms with van der Waals surface area (Å²) in [4.78, 5) is 11.3. The van der Waals surface area contributed by atoms with Crippen molar-refractivity contribution in [1.29, 1.82) is 0 Å². The summed E-state index contributed by atoms with van der Waals surface area (Å²) in [5.41, 5.74) is 8.92. The zero-order chi connectivity index (χ0) is 19.6. The van der Waals surface area contributed by atoms with Gasteiger partial charge < -0.3 is 4.90 Å². The first-order valence-electron chi connectivity index (χ1n) is 9.53. The Kier molecular flexibility index (Phi) is 5.59. The fourth-order valence-electron chi connectivity index (χ4n) is 3.50. The molecule has 0 aromatic carbocycles. The molecule has 0 radical (unpaired) electrons. The molecule has 0 unspecified atom stereocenters. The number of hydrogen-bond donors (Lipinski definition) is 0. The number of amidine groups is 1. The van der Waals surface area contributed by atoms with E-state index in [1.807, 2.05) is 12.3 Å². The molecule has 0 atom stereocenters. The van der Waals surface area contributed by atoms with Gasteiger partial charge in [0.25, 0.3) is 0 Å². The van der Waals surface area contributed by atoms with Crippen LogP contribution in [-0.4, -0.2) is 29.8 Å². The highest BCUT2D eigenvalue weighted by Crippen LogP contribution is 2.36. The third-order valence-electron chi connectivity index (χ3n) is 5.02. The van der Waals surface area contributed by atoms with Crippen molar-refractivity contribution in [2.24, 2.45) is 4.99 Å². The predicted molar refractivity (Wildman–Crippen MR) is 115 cm³/mol. The number of nitrogens with zero attached hydrogens (tertiary/aromatic N) is 3. The smallest absolute Gasteiger partial charge is 0.131 e. The summed E-state index contributed by atoms with van der Waals surface area (Å²) in [7, 11) is 4.13. The standard InChI is InChI=1S/C24H29N3/c1-16(2)20-10-9-17(3)23-21(13-20)18(4)12-22(23)24(27(5)6)26-15-19-8-7-11-25-14-19/h7-14,16H,15H2,1-6H3. The van der Waals surface area contributed by atoms with E-state index in [1.54, 1.807) is 6.20 Å². The van der Waals surface area contributed by atoms with E-state index in [4.69, 9.17) is 4.99 Å². The molecule has 0 bridgehead atoms. The monoisotopic (exact) mass is 359 g/mol. The van der Waals surface area contributed by atoms with Crippen molar-refractivity contribution in [2.45, 2.75) is 40.2 Å². The zero-order valence-electron chi connectivity index (χ0n) is 17.2. The summed E-state index contributed by atoms with van der Waals surface area (Å²) < 4.78 is 0. The van der Waals surface area contributed by atoms with Crippen molar-refractivity contribution in [2.75, 3.05) is 14.1 Å². The molecule has 0 saturated heterocycles. The van der Waals surface area contributed by atoms with Gasteiger partial charge in [0.05, 0.1) is 6.54 Å². The minimum atomic E-state index is 0.505. The molecule has 1 aromatic heterocycles. The lowest BCUT2D eigenvalue weighted by Crippen LogP contribution is -2.23. The lowest BCUT2D eigenvalue weighted by molar-refractivity contribution is 0.619. The molecular formula is C24H29N3. The van der Waals surface area contributed by atoms with Crippen LogP contribution in [0.25, 0.3) is 11.1 Å². The van der Waals surface area contributed by atoms with Gasteiger partial charge in [-0.1, -0.05) is 38.1 Å². The maximum Gasteiger partial charge on any atom is 0.131 e. The molecule has 0 amide bonds. The molecule has 0 N–H and O–H groups in total. The molecule has 0 fully saturated rings. The SMILES string of the molecule is Cc1cc(C(=NCc2cccnc2)N(C)C)c2c(C)ccc(C(C)C)cc1-2. The Morgan fingerprint density at radius 3 is 2.48 bits per heavy atom. The molecule has 2 aliphatic carbocycles. The first kappa shape index (κ1) is 19.1. The number of fused-ring (bicyclic) bond motifs is 1. The molecule has 3 heteroatoms. The van der Waals surface area contributed by atoms with Crippen molar-refractivity contribution in [1.82, 2.24) is 9.88 Å². The Bertz CT molecular complexity index is 924. The van der Waals surface area contributed by atoms with Crippen LogP contribution in [0.1, 0.15) is 47.6 Å². The highest BCUT2D eigenvalue weighted by atomic mass is 15.1. The molecule has 2 aliphatic rings. The maximum atomic E-state index is 4.95. The van der Waals surface area contributed by atoms with Gasteiger partial charge in [-0.25, -0.2) is 0 Å². The fourth-order valence-corrected chi connectivity index (χ4v) is 3.50. The summed E-state index contributed by atoms with van der Waals surface area (Å²) in [6.07, 6.45) is 3.68. The van der Waals surface area contributed by atoms with E-state index in [1.165, 1.54) is 33.4 Å². The number of aromatic nitrogens is 1. The van der Waals surface area contributed by atoms with Gasteiger partial charge in [-0.15, -0.1) is 0 Å². The van der Waals surface area contributed by atoms with Crippen molar-refractivity contribution >= 4 is 5.84 Å². The van der Waals surface area contributed by atoms with Crippen LogP contribution in [-0.2, 0) is 6.54 Å². The van der Waals surface area contributed by atoms with Gasteiger partial charge in [0.15, 0.2) is 0 Å². The Morgan fingerprint density at radius 1 is 1.07 bits per heavy atom. The second-order valence-electron chi connectivity index (χ2n) is 7.74. The van der Waals surface area contributed by atoms with Crippen LogP contribution in [0.5, 0.6) is 0 Å². The average Bonchev–Trinajstić information content (AvgIpc) is 2.83. The lowest BCUT2D eigenvalue weighted by atomic mass is 10.00. The van der Waals surface area contributed by atoms with Crippen LogP contribution in [0.2, 0.25) is 0 Å². The molecule has 3 rings (SSSR count). The van der Waals surface area contributed by atoms with Gasteiger partial charge in [0, 0.05) is 32.1 Å². The topological polar surface area (TPSA) is 28.5 Å². The number of hydrogen-bond acceptors (Lipinski definition) is 2. The Hall–Kier alpha value is -2.68. The third kappa shape index (κ3) is 4.02. The van der Waals surface area contributed by atoms with Crippen molar-refractivity contribution in [3.05, 3.63) is 76.6 Å². The largest absolute Gasteiger partial charge is 0.363 e. The van der Waals surface area contributed by atoms with E-state index in [2.05, 4.69) is 82.0 Å². The van der Waals surface area contributed by atoms with Crippen LogP contribution < -0.4 is 0 Å². The second-order valence-corrected chi connectivity index (χ2v) is 7.74. The summed E-state index contributed by atoms with van der Waals surface area (Å²) in [5.74, 6) is 1.52. The number of aliphatic imine (C=N–C) groups is 1. The molecule has 1 aromatic rings. The Morgan fingerprint density at radius 2 is 1.85 bits per heavy atom. The second kappa shape index (κ2) is 7.91. The van der Waals surface area contributed by atoms with Crippen LogP contribution in [0.15, 0.2) is 53.8 Å². The minimum absolute atomic E-state index is 0.505. The summed E-state index contributed by atoms with van der Waals surface area (Å²) in [5, 5.41) is 0. The van der Waals surface area contributed by atoms with Gasteiger partial charge in [0.2, 0.25) is 0 Å². The molecular weight excluding hydrogens is 330 g/mol. The summed E-state index contributed by atoms with van der Waals surface area (Å²) in [6.45, 7) is 9.52. The highest BCUT2D eigenvalue weighted by molar-refractivity contribution is 6.07. The first-order valence-corrected chi connectivity index (χ1v) is 9.53. The van der Waals surface area contributed by atoms with E-state index in [-0.39, 0.29) is 0 Å². The van der Waals surface area contributed by atoms with Gasteiger partial charge in [-0.3, -0.25) is 9.98 Å². The molecule has 0 saturated carbocycles. The van der Waals surface area contributed by atoms with Crippen LogP contribution >= 0.6 is 0 Å². The zero-order valence-corrected chi connectivity index (χ0v) is 17.2. The lowest BCUT2D eigenvalue weighted by Gasteiger charge is -2.17. The minimum Gasteiger partial charge on any atom is -0.363 e. The molecule has 1 heterocycles. The average molecular weight is 360 g/mol. The predicted octanol–water partition coefficient (Wildman–Crippen LogP) is 5.44. The van der Waals surface area contributed by atoms with Gasteiger partial charge >= 0.3 is 0 Å². The van der Waals surface area contributed by atoms with Crippen molar-refractivity contribution < 1.29 is 0 Å². The Labute approximate surface area is 163 Å². The summed E-state index contributed by atoms with van der Waals surface area (Å²) >= 11 is 0. The van der Waals surface area contributed by atoms with Crippen LogP contribution in [0.3, 0.4) is 0 Å². The maximum absolute atomic E-state index is 4.95. The summed E-state index contributed by atoms with van der Waals surface area (Å²) in [6, 6.07) is 13.2. The molecule has 140 valence electrons. The molecule has 0 aliphatic heterocycles. The van der Waals surface area contributed by atoms with Gasteiger partial charge in [-0.05, 0) is 65.3 Å². The fraction of sp³-hybridized carbons (Fsp3) is 0.333. The van der Waals surface area contributed by atoms with Crippen molar-refractivity contribution in [3.63, 3.8) is 0 Å². The van der Waals surface area contributed by atoms with E-state index >= 15 is 0 Å². The molecule has 0 spiro atoms. The van der Waals surface area contributed by atoms with E-state index in [9.17, 15) is 0 Å². The van der Waals surface area contributed by atoms with Crippen molar-refractivity contribution in [3.8, 4) is 11.1 Å². The number of rotatable bonds is 4. The first-order chi connectivity index (χ1) is 12.9. The van der Waals surface area contributed by atoms with E-state index < -0.39 is 0 Å². The third-order valence-corrected chi connectivity index (χ3v) is 5.02. The number of aryl methyl sites for hydroxylation is 2. The van der Waals surface area contributed by atoms with Gasteiger partial charge in [0.1, 0.15) is 5.84 Å². The van der Waals surface area contributed by atoms with E-state index in [0.717, 1.165) is 11.4 Å². The highest BCUT2D eigenvalue weighted by Gasteiger charge is 2.20. The van der Waals surface area contributed by atoms with E-state index in [0.29, 0.717) is 12.5 Å². The van der Waals surface area contributed by atoms with Crippen LogP contribution in [0.4, 0.5) is 0 Å². The Balaban J connectivity index is 2.12. The quantitative estimate of drug-likeness (QED) is 0.459. The molecule has 27 heavy (non-hydrogen) atoms. The van der Waals surface area contributed by atoms with Gasteiger partial charge in [-0.2, -0.15) is 0 Å². The number of pyridine rings is 1. The molecule has 3 nitrogen and oxygen atoms in total.